The van der Waals surface area contributed by atoms with Crippen LogP contribution in [0, 0.1) is 24.2 Å². The zero-order valence-corrected chi connectivity index (χ0v) is 16.4. The molecule has 0 aliphatic carbocycles. The van der Waals surface area contributed by atoms with Crippen LogP contribution in [0.5, 0.6) is 0 Å². The van der Waals surface area contributed by atoms with E-state index in [1.54, 1.807) is 0 Å². The Kier molecular flexibility index (Phi) is 8.37. The first-order valence-electron chi connectivity index (χ1n) is 8.89. The van der Waals surface area contributed by atoms with E-state index < -0.39 is 8.32 Å². The molecular weight excluding hydrogens is 296 g/mol. The average molecular weight is 329 g/mol. The van der Waals surface area contributed by atoms with Crippen LogP contribution in [-0.4, -0.2) is 14.4 Å². The lowest BCUT2D eigenvalue weighted by Crippen LogP contribution is -2.42. The minimum absolute atomic E-state index is 0.00622. The molecule has 0 spiro atoms. The van der Waals surface area contributed by atoms with Crippen molar-refractivity contribution < 1.29 is 4.43 Å². The van der Waals surface area contributed by atoms with Crippen molar-refractivity contribution >= 4 is 14.4 Å². The van der Waals surface area contributed by atoms with Gasteiger partial charge in [0, 0.05) is 0 Å². The van der Waals surface area contributed by atoms with Gasteiger partial charge < -0.3 is 4.43 Å². The molecule has 0 N–H and O–H groups in total. The molecule has 1 aromatic carbocycles. The molecule has 0 saturated heterocycles. The Morgan fingerprint density at radius 2 is 1.65 bits per heavy atom. The SMILES string of the molecule is C#C[C@@H](C(C)C)[C@H](/C=C/c1ccccc1)O[Si](CC)(CC)CC. The van der Waals surface area contributed by atoms with Crippen molar-refractivity contribution in [3.05, 3.63) is 42.0 Å². The van der Waals surface area contributed by atoms with Gasteiger partial charge in [-0.3, -0.25) is 0 Å². The van der Waals surface area contributed by atoms with Gasteiger partial charge in [-0.15, -0.1) is 12.3 Å². The van der Waals surface area contributed by atoms with Crippen LogP contribution in [0.3, 0.4) is 0 Å². The first-order chi connectivity index (χ1) is 11.0. The van der Waals surface area contributed by atoms with Crippen LogP contribution < -0.4 is 0 Å². The molecule has 1 aromatic rings. The molecule has 2 atom stereocenters. The molecule has 0 bridgehead atoms. The van der Waals surface area contributed by atoms with E-state index in [9.17, 15) is 0 Å². The molecule has 2 heteroatoms. The Labute approximate surface area is 144 Å². The highest BCUT2D eigenvalue weighted by molar-refractivity contribution is 6.73. The summed E-state index contributed by atoms with van der Waals surface area (Å²) in [4.78, 5) is 0. The quantitative estimate of drug-likeness (QED) is 0.399. The summed E-state index contributed by atoms with van der Waals surface area (Å²) >= 11 is 0. The van der Waals surface area contributed by atoms with E-state index in [1.165, 1.54) is 5.56 Å². The summed E-state index contributed by atoms with van der Waals surface area (Å²) in [6, 6.07) is 13.8. The summed E-state index contributed by atoms with van der Waals surface area (Å²) in [5.41, 5.74) is 1.19. The lowest BCUT2D eigenvalue weighted by molar-refractivity contribution is 0.167. The average Bonchev–Trinajstić information content (AvgIpc) is 2.58. The third-order valence-electron chi connectivity index (χ3n) is 4.86. The largest absolute Gasteiger partial charge is 0.409 e. The van der Waals surface area contributed by atoms with Gasteiger partial charge in [-0.1, -0.05) is 77.1 Å². The Morgan fingerprint density at radius 1 is 1.09 bits per heavy atom. The van der Waals surface area contributed by atoms with Crippen LogP contribution in [0.2, 0.25) is 18.1 Å². The Morgan fingerprint density at radius 3 is 2.09 bits per heavy atom. The van der Waals surface area contributed by atoms with Crippen LogP contribution in [0.4, 0.5) is 0 Å². The summed E-state index contributed by atoms with van der Waals surface area (Å²) in [6.07, 6.45) is 10.2. The molecule has 1 rings (SSSR count). The summed E-state index contributed by atoms with van der Waals surface area (Å²) in [7, 11) is -1.69. The minimum atomic E-state index is -1.69. The van der Waals surface area contributed by atoms with E-state index >= 15 is 0 Å². The van der Waals surface area contributed by atoms with E-state index in [-0.39, 0.29) is 12.0 Å². The van der Waals surface area contributed by atoms with Gasteiger partial charge in [0.2, 0.25) is 0 Å². The molecule has 0 aliphatic rings. The topological polar surface area (TPSA) is 9.23 Å². The number of hydrogen-bond donors (Lipinski definition) is 0. The van der Waals surface area contributed by atoms with Crippen molar-refractivity contribution in [1.82, 2.24) is 0 Å². The maximum absolute atomic E-state index is 6.73. The smallest absolute Gasteiger partial charge is 0.192 e. The van der Waals surface area contributed by atoms with Gasteiger partial charge in [-0.25, -0.2) is 0 Å². The Balaban J connectivity index is 3.07. The van der Waals surface area contributed by atoms with Crippen molar-refractivity contribution in [1.29, 1.82) is 0 Å². The van der Waals surface area contributed by atoms with Gasteiger partial charge >= 0.3 is 0 Å². The molecule has 0 fully saturated rings. The molecule has 23 heavy (non-hydrogen) atoms. The van der Waals surface area contributed by atoms with Crippen molar-refractivity contribution in [2.75, 3.05) is 0 Å². The zero-order valence-electron chi connectivity index (χ0n) is 15.4. The van der Waals surface area contributed by atoms with Gasteiger partial charge in [0.25, 0.3) is 0 Å². The summed E-state index contributed by atoms with van der Waals surface area (Å²) in [5, 5.41) is 0. The predicted octanol–water partition coefficient (Wildman–Crippen LogP) is 6.00. The van der Waals surface area contributed by atoms with E-state index in [1.807, 2.05) is 6.07 Å². The van der Waals surface area contributed by atoms with Crippen LogP contribution in [0.25, 0.3) is 6.08 Å². The van der Waals surface area contributed by atoms with E-state index in [0.717, 1.165) is 18.1 Å². The Bertz CT molecular complexity index is 500. The highest BCUT2D eigenvalue weighted by atomic mass is 28.4. The molecule has 0 amide bonds. The number of rotatable bonds is 9. The molecule has 0 aromatic heterocycles. The molecule has 0 unspecified atom stereocenters. The summed E-state index contributed by atoms with van der Waals surface area (Å²) < 4.78 is 6.73. The van der Waals surface area contributed by atoms with Gasteiger partial charge in [0.15, 0.2) is 8.32 Å². The number of terminal acetylenes is 1. The van der Waals surface area contributed by atoms with Crippen molar-refractivity contribution in [3.8, 4) is 12.3 Å². The van der Waals surface area contributed by atoms with Gasteiger partial charge in [-0.05, 0) is 29.6 Å². The molecule has 0 saturated carbocycles. The number of benzene rings is 1. The van der Waals surface area contributed by atoms with Gasteiger partial charge in [0.1, 0.15) is 0 Å². The number of hydrogen-bond acceptors (Lipinski definition) is 1. The van der Waals surface area contributed by atoms with Crippen LogP contribution in [-0.2, 0) is 4.43 Å². The maximum Gasteiger partial charge on any atom is 0.192 e. The summed E-state index contributed by atoms with van der Waals surface area (Å²) in [5.74, 6) is 3.50. The minimum Gasteiger partial charge on any atom is -0.409 e. The lowest BCUT2D eigenvalue weighted by atomic mass is 9.90. The van der Waals surface area contributed by atoms with Crippen LogP contribution in [0.1, 0.15) is 40.2 Å². The highest BCUT2D eigenvalue weighted by Gasteiger charge is 2.34. The molecule has 0 radical (unpaired) electrons. The third kappa shape index (κ3) is 5.68. The van der Waals surface area contributed by atoms with Crippen molar-refractivity contribution in [2.45, 2.75) is 58.9 Å². The second-order valence-electron chi connectivity index (χ2n) is 6.53. The zero-order chi connectivity index (χ0) is 17.3. The lowest BCUT2D eigenvalue weighted by Gasteiger charge is -2.35. The van der Waals surface area contributed by atoms with Crippen molar-refractivity contribution in [3.63, 3.8) is 0 Å². The second-order valence-corrected chi connectivity index (χ2v) is 11.3. The fourth-order valence-corrected chi connectivity index (χ4v) is 5.76. The van der Waals surface area contributed by atoms with Gasteiger partial charge in [-0.2, -0.15) is 0 Å². The maximum atomic E-state index is 6.73. The normalized spacial score (nSPS) is 14.8. The first-order valence-corrected chi connectivity index (χ1v) is 11.4. The van der Waals surface area contributed by atoms with E-state index in [2.05, 4.69) is 77.0 Å². The fraction of sp³-hybridized carbons (Fsp3) is 0.524. The van der Waals surface area contributed by atoms with E-state index in [0.29, 0.717) is 5.92 Å². The van der Waals surface area contributed by atoms with E-state index in [4.69, 9.17) is 10.8 Å². The first kappa shape index (κ1) is 19.7. The van der Waals surface area contributed by atoms with Crippen LogP contribution >= 0.6 is 0 Å². The Hall–Kier alpha value is -1.30. The molecule has 0 aliphatic heterocycles. The molecule has 0 heterocycles. The highest BCUT2D eigenvalue weighted by Crippen LogP contribution is 2.29. The monoisotopic (exact) mass is 328 g/mol. The van der Waals surface area contributed by atoms with Gasteiger partial charge in [0.05, 0.1) is 12.0 Å². The third-order valence-corrected chi connectivity index (χ3v) is 9.50. The standard InChI is InChI=1S/C21H32OSi/c1-7-20(18(5)6)21(22-23(8-2,9-3)10-4)17-16-19-14-12-11-13-15-19/h1,11-18,20-21H,8-10H2,2-6H3/b17-16+/t20-,21-/m0/s1. The summed E-state index contributed by atoms with van der Waals surface area (Å²) in [6.45, 7) is 11.2. The molecular formula is C21H32OSi. The fourth-order valence-electron chi connectivity index (χ4n) is 2.96. The van der Waals surface area contributed by atoms with Crippen LogP contribution in [0.15, 0.2) is 36.4 Å². The molecule has 1 nitrogen and oxygen atoms in total. The predicted molar refractivity (Wildman–Crippen MR) is 105 cm³/mol. The van der Waals surface area contributed by atoms with Crippen molar-refractivity contribution in [2.24, 2.45) is 11.8 Å². The molecule has 126 valence electrons. The second kappa shape index (κ2) is 9.75.